The number of aliphatic hydroxyl groups is 1. The quantitative estimate of drug-likeness (QED) is 0.824. The highest BCUT2D eigenvalue weighted by Gasteiger charge is 2.34. The second-order valence-electron chi connectivity index (χ2n) is 6.57. The molecule has 6 nitrogen and oxygen atoms in total. The van der Waals surface area contributed by atoms with E-state index in [9.17, 15) is 18.3 Å². The van der Waals surface area contributed by atoms with Gasteiger partial charge < -0.3 is 10.0 Å². The fourth-order valence-electron chi connectivity index (χ4n) is 3.21. The number of β-amino-alcohol motifs (C(OH)–C–C–N with tert-alkyl or cyclic N) is 1. The number of carbonyl (C=O) groups excluding carboxylic acids is 1. The molecule has 0 radical (unpaired) electrons. The summed E-state index contributed by atoms with van der Waals surface area (Å²) in [5.41, 5.74) is 1.06. The van der Waals surface area contributed by atoms with Crippen molar-refractivity contribution in [3.05, 3.63) is 60.4 Å². The maximum absolute atomic E-state index is 12.4. The minimum atomic E-state index is -3.48. The molecule has 1 fully saturated rings. The van der Waals surface area contributed by atoms with Crippen LogP contribution in [0.5, 0.6) is 0 Å². The van der Waals surface area contributed by atoms with Gasteiger partial charge in [-0.05, 0) is 36.2 Å². The van der Waals surface area contributed by atoms with Crippen LogP contribution in [0, 0.1) is 5.92 Å². The highest BCUT2D eigenvalue weighted by Crippen LogP contribution is 2.22. The first-order valence-corrected chi connectivity index (χ1v) is 10.2. The molecule has 3 rings (SSSR count). The summed E-state index contributed by atoms with van der Waals surface area (Å²) in [5.74, 6) is -0.509. The third-order valence-corrected chi connectivity index (χ3v) is 6.43. The first-order valence-electron chi connectivity index (χ1n) is 8.58. The maximum Gasteiger partial charge on any atom is 0.223 e. The highest BCUT2D eigenvalue weighted by atomic mass is 32.2. The average Bonchev–Trinajstić information content (AvgIpc) is 3.02. The molecule has 0 spiro atoms. The van der Waals surface area contributed by atoms with E-state index in [0.29, 0.717) is 13.0 Å². The van der Waals surface area contributed by atoms with Gasteiger partial charge in [-0.3, -0.25) is 9.78 Å². The Hall–Kier alpha value is -2.25. The lowest BCUT2D eigenvalue weighted by molar-refractivity contribution is -0.130. The van der Waals surface area contributed by atoms with Gasteiger partial charge in [-0.1, -0.05) is 18.2 Å². The van der Waals surface area contributed by atoms with Crippen molar-refractivity contribution in [2.75, 3.05) is 18.8 Å². The Bertz CT molecular complexity index is 840. The molecule has 0 bridgehead atoms. The summed E-state index contributed by atoms with van der Waals surface area (Å²) in [6.45, 7) is 0.688. The van der Waals surface area contributed by atoms with Crippen LogP contribution in [0.1, 0.15) is 12.0 Å². The maximum atomic E-state index is 12.4. The molecular weight excluding hydrogens is 352 g/mol. The smallest absolute Gasteiger partial charge is 0.223 e. The van der Waals surface area contributed by atoms with E-state index in [4.69, 9.17) is 0 Å². The molecule has 2 aromatic rings. The number of pyridine rings is 1. The Labute approximate surface area is 153 Å². The summed E-state index contributed by atoms with van der Waals surface area (Å²) in [6, 6.07) is 11.9. The Balaban J connectivity index is 1.56. The van der Waals surface area contributed by atoms with Gasteiger partial charge in [0.1, 0.15) is 0 Å². The molecule has 138 valence electrons. The molecule has 1 aliphatic rings. The van der Waals surface area contributed by atoms with E-state index in [1.165, 1.54) is 12.1 Å². The number of likely N-dealkylation sites (tertiary alicyclic amines) is 1. The molecule has 2 heterocycles. The first-order chi connectivity index (χ1) is 12.5. The van der Waals surface area contributed by atoms with Crippen LogP contribution in [0.25, 0.3) is 0 Å². The van der Waals surface area contributed by atoms with Gasteiger partial charge in [0.15, 0.2) is 9.84 Å². The number of carbonyl (C=O) groups is 1. The number of aliphatic hydroxyl groups excluding tert-OH is 1. The summed E-state index contributed by atoms with van der Waals surface area (Å²) in [7, 11) is -3.48. The predicted molar refractivity (Wildman–Crippen MR) is 97.1 cm³/mol. The van der Waals surface area contributed by atoms with Gasteiger partial charge in [0, 0.05) is 37.8 Å². The van der Waals surface area contributed by atoms with Crippen molar-refractivity contribution in [3.8, 4) is 0 Å². The van der Waals surface area contributed by atoms with E-state index in [1.54, 1.807) is 35.5 Å². The summed E-state index contributed by atoms with van der Waals surface area (Å²) < 4.78 is 24.6. The van der Waals surface area contributed by atoms with E-state index < -0.39 is 15.9 Å². The van der Waals surface area contributed by atoms with Crippen molar-refractivity contribution in [2.24, 2.45) is 5.92 Å². The largest absolute Gasteiger partial charge is 0.391 e. The van der Waals surface area contributed by atoms with Crippen LogP contribution < -0.4 is 0 Å². The van der Waals surface area contributed by atoms with Gasteiger partial charge in [0.05, 0.1) is 16.8 Å². The minimum Gasteiger partial charge on any atom is -0.391 e. The third kappa shape index (κ3) is 4.47. The fourth-order valence-corrected chi connectivity index (χ4v) is 4.46. The van der Waals surface area contributed by atoms with Gasteiger partial charge in [0.25, 0.3) is 0 Å². The van der Waals surface area contributed by atoms with Crippen molar-refractivity contribution in [1.82, 2.24) is 9.88 Å². The number of rotatable bonds is 6. The van der Waals surface area contributed by atoms with Crippen LogP contribution in [0.15, 0.2) is 59.8 Å². The van der Waals surface area contributed by atoms with Crippen molar-refractivity contribution in [2.45, 2.75) is 23.8 Å². The molecule has 1 N–H and O–H groups in total. The van der Waals surface area contributed by atoms with Gasteiger partial charge >= 0.3 is 0 Å². The van der Waals surface area contributed by atoms with Crippen molar-refractivity contribution in [1.29, 1.82) is 0 Å². The number of aromatic nitrogens is 1. The van der Waals surface area contributed by atoms with E-state index >= 15 is 0 Å². The van der Waals surface area contributed by atoms with E-state index in [0.717, 1.165) is 5.56 Å². The number of nitrogens with zero attached hydrogens (tertiary/aromatic N) is 2. The summed E-state index contributed by atoms with van der Waals surface area (Å²) >= 11 is 0. The minimum absolute atomic E-state index is 0.0490. The summed E-state index contributed by atoms with van der Waals surface area (Å²) in [6.07, 6.45) is 3.39. The number of benzene rings is 1. The Morgan fingerprint density at radius 1 is 1.12 bits per heavy atom. The van der Waals surface area contributed by atoms with Gasteiger partial charge in [0.2, 0.25) is 5.91 Å². The molecule has 0 aliphatic carbocycles. The zero-order chi connectivity index (χ0) is 18.6. The van der Waals surface area contributed by atoms with Gasteiger partial charge in [-0.15, -0.1) is 0 Å². The summed E-state index contributed by atoms with van der Waals surface area (Å²) in [5, 5.41) is 10.2. The lowest BCUT2D eigenvalue weighted by atomic mass is 9.97. The number of amides is 1. The molecule has 26 heavy (non-hydrogen) atoms. The van der Waals surface area contributed by atoms with Crippen LogP contribution >= 0.6 is 0 Å². The Kier molecular flexibility index (Phi) is 5.68. The number of hydrogen-bond donors (Lipinski definition) is 1. The van der Waals surface area contributed by atoms with Crippen LogP contribution in [-0.2, 0) is 21.1 Å². The number of hydrogen-bond acceptors (Lipinski definition) is 5. The molecule has 1 saturated heterocycles. The lowest BCUT2D eigenvalue weighted by Gasteiger charge is -2.16. The standard InChI is InChI=1S/C19H22N2O4S/c22-18-14-21(13-16(18)12-15-6-9-20-10-7-15)19(23)8-11-26(24,25)17-4-2-1-3-5-17/h1-7,9-10,16,18,22H,8,11-14H2/t16-,18+/m1/s1. The van der Waals surface area contributed by atoms with Crippen LogP contribution in [0.4, 0.5) is 0 Å². The van der Waals surface area contributed by atoms with Crippen molar-refractivity contribution < 1.29 is 18.3 Å². The SMILES string of the molecule is O=C(CCS(=O)(=O)c1ccccc1)N1C[C@@H](Cc2ccncc2)[C@@H](O)C1. The molecule has 1 aliphatic heterocycles. The predicted octanol–water partition coefficient (Wildman–Crippen LogP) is 1.31. The van der Waals surface area contributed by atoms with Crippen LogP contribution in [0.2, 0.25) is 0 Å². The van der Waals surface area contributed by atoms with E-state index in [1.807, 2.05) is 12.1 Å². The topological polar surface area (TPSA) is 87.6 Å². The molecule has 7 heteroatoms. The second kappa shape index (κ2) is 7.97. The first kappa shape index (κ1) is 18.5. The number of sulfone groups is 1. The Morgan fingerprint density at radius 3 is 2.50 bits per heavy atom. The third-order valence-electron chi connectivity index (χ3n) is 4.69. The second-order valence-corrected chi connectivity index (χ2v) is 8.68. The monoisotopic (exact) mass is 374 g/mol. The normalized spacial score (nSPS) is 20.3. The van der Waals surface area contributed by atoms with Crippen molar-refractivity contribution in [3.63, 3.8) is 0 Å². The van der Waals surface area contributed by atoms with Crippen LogP contribution in [-0.4, -0.2) is 54.3 Å². The van der Waals surface area contributed by atoms with Gasteiger partial charge in [-0.25, -0.2) is 8.42 Å². The van der Waals surface area contributed by atoms with Crippen molar-refractivity contribution >= 4 is 15.7 Å². The molecular formula is C19H22N2O4S. The highest BCUT2D eigenvalue weighted by molar-refractivity contribution is 7.91. The molecule has 1 aromatic carbocycles. The zero-order valence-corrected chi connectivity index (χ0v) is 15.2. The van der Waals surface area contributed by atoms with E-state index in [-0.39, 0.29) is 35.4 Å². The molecule has 1 aromatic heterocycles. The zero-order valence-electron chi connectivity index (χ0n) is 14.4. The molecule has 1 amide bonds. The molecule has 0 unspecified atom stereocenters. The van der Waals surface area contributed by atoms with E-state index in [2.05, 4.69) is 4.98 Å². The Morgan fingerprint density at radius 2 is 1.81 bits per heavy atom. The lowest BCUT2D eigenvalue weighted by Crippen LogP contribution is -2.31. The summed E-state index contributed by atoms with van der Waals surface area (Å²) in [4.78, 5) is 18.2. The average molecular weight is 374 g/mol. The molecule has 0 saturated carbocycles. The molecule has 2 atom stereocenters. The van der Waals surface area contributed by atoms with Gasteiger partial charge in [-0.2, -0.15) is 0 Å². The fraction of sp³-hybridized carbons (Fsp3) is 0.368. The van der Waals surface area contributed by atoms with Crippen LogP contribution in [0.3, 0.4) is 0 Å².